The van der Waals surface area contributed by atoms with Gasteiger partial charge in [0.15, 0.2) is 0 Å². The topological polar surface area (TPSA) is 55.1 Å². The fourth-order valence-corrected chi connectivity index (χ4v) is 3.43. The molecule has 0 bridgehead atoms. The van der Waals surface area contributed by atoms with Gasteiger partial charge in [-0.15, -0.1) is 11.8 Å². The number of hydrogen-bond donors (Lipinski definition) is 2. The molecule has 3 N–H and O–H groups in total. The van der Waals surface area contributed by atoms with Gasteiger partial charge in [0.05, 0.1) is 11.5 Å². The largest absolute Gasteiger partial charge is 0.349 e. The van der Waals surface area contributed by atoms with Crippen molar-refractivity contribution in [3.63, 3.8) is 0 Å². The van der Waals surface area contributed by atoms with Crippen LogP contribution in [0.3, 0.4) is 0 Å². The Labute approximate surface area is 136 Å². The molecule has 1 aromatic carbocycles. The van der Waals surface area contributed by atoms with Crippen LogP contribution in [0.25, 0.3) is 0 Å². The first kappa shape index (κ1) is 16.7. The molecule has 0 saturated carbocycles. The van der Waals surface area contributed by atoms with Crippen molar-refractivity contribution in [1.29, 1.82) is 0 Å². The van der Waals surface area contributed by atoms with Gasteiger partial charge in [-0.3, -0.25) is 4.79 Å². The molecule has 1 unspecified atom stereocenters. The number of nitrogens with one attached hydrogen (secondary N) is 1. The molecule has 2 rings (SSSR count). The average molecular weight is 327 g/mol. The summed E-state index contributed by atoms with van der Waals surface area (Å²) in [5.41, 5.74) is 6.03. The lowest BCUT2D eigenvalue weighted by molar-refractivity contribution is -0.133. The van der Waals surface area contributed by atoms with Crippen molar-refractivity contribution in [2.24, 2.45) is 11.1 Å². The van der Waals surface area contributed by atoms with E-state index in [1.54, 1.807) is 11.8 Å². The first-order chi connectivity index (χ1) is 9.63. The lowest BCUT2D eigenvalue weighted by atomic mass is 9.74. The highest BCUT2D eigenvalue weighted by Gasteiger charge is 2.41. The van der Waals surface area contributed by atoms with Crippen LogP contribution in [0.2, 0.25) is 5.02 Å². The van der Waals surface area contributed by atoms with Gasteiger partial charge in [-0.2, -0.15) is 0 Å². The van der Waals surface area contributed by atoms with Gasteiger partial charge in [0.25, 0.3) is 0 Å². The van der Waals surface area contributed by atoms with Crippen molar-refractivity contribution in [3.05, 3.63) is 28.8 Å². The lowest BCUT2D eigenvalue weighted by Gasteiger charge is -2.38. The molecule has 116 valence electrons. The van der Waals surface area contributed by atoms with Gasteiger partial charge in [-0.1, -0.05) is 11.6 Å². The maximum absolute atomic E-state index is 12.6. The molecular weight excluding hydrogens is 304 g/mol. The van der Waals surface area contributed by atoms with E-state index in [9.17, 15) is 4.79 Å². The molecule has 1 aliphatic rings. The van der Waals surface area contributed by atoms with Crippen molar-refractivity contribution in [1.82, 2.24) is 5.32 Å². The molecule has 1 atom stereocenters. The SMILES string of the molecule is CC(C)(N)C(C)(C)C(=O)NC1CCSc2ccc(Cl)cc21. The number of nitrogens with two attached hydrogens (primary N) is 1. The summed E-state index contributed by atoms with van der Waals surface area (Å²) >= 11 is 7.91. The third-order valence-corrected chi connectivity index (χ3v) is 5.85. The summed E-state index contributed by atoms with van der Waals surface area (Å²) in [7, 11) is 0. The number of carbonyl (C=O) groups is 1. The molecule has 0 aromatic heterocycles. The summed E-state index contributed by atoms with van der Waals surface area (Å²) in [5.74, 6) is 0.976. The van der Waals surface area contributed by atoms with Gasteiger partial charge in [0.2, 0.25) is 5.91 Å². The first-order valence-electron chi connectivity index (χ1n) is 7.15. The Bertz CT molecular complexity index is 552. The zero-order valence-corrected chi connectivity index (χ0v) is 14.6. The van der Waals surface area contributed by atoms with Gasteiger partial charge >= 0.3 is 0 Å². The lowest BCUT2D eigenvalue weighted by Crippen LogP contribution is -2.56. The second kappa shape index (κ2) is 5.82. The maximum Gasteiger partial charge on any atom is 0.227 e. The van der Waals surface area contributed by atoms with E-state index in [0.717, 1.165) is 17.7 Å². The molecule has 21 heavy (non-hydrogen) atoms. The summed E-state index contributed by atoms with van der Waals surface area (Å²) in [4.78, 5) is 13.8. The summed E-state index contributed by atoms with van der Waals surface area (Å²) in [5, 5.41) is 3.86. The zero-order chi connectivity index (χ0) is 15.8. The highest BCUT2D eigenvalue weighted by Crippen LogP contribution is 2.38. The number of thioether (sulfide) groups is 1. The summed E-state index contributed by atoms with van der Waals surface area (Å²) in [6.45, 7) is 7.54. The third-order valence-electron chi connectivity index (χ3n) is 4.50. The number of fused-ring (bicyclic) bond motifs is 1. The van der Waals surface area contributed by atoms with Crippen molar-refractivity contribution in [2.75, 3.05) is 5.75 Å². The van der Waals surface area contributed by atoms with Crippen LogP contribution in [0.15, 0.2) is 23.1 Å². The summed E-state index contributed by atoms with van der Waals surface area (Å²) in [6, 6.07) is 5.88. The van der Waals surface area contributed by atoms with Crippen LogP contribution in [0, 0.1) is 5.41 Å². The van der Waals surface area contributed by atoms with Gasteiger partial charge in [0, 0.05) is 21.2 Å². The molecule has 0 spiro atoms. The maximum atomic E-state index is 12.6. The Morgan fingerprint density at radius 2 is 2.05 bits per heavy atom. The summed E-state index contributed by atoms with van der Waals surface area (Å²) < 4.78 is 0. The number of benzene rings is 1. The van der Waals surface area contributed by atoms with Crippen molar-refractivity contribution >= 4 is 29.3 Å². The van der Waals surface area contributed by atoms with E-state index in [1.807, 2.05) is 45.9 Å². The van der Waals surface area contributed by atoms with E-state index >= 15 is 0 Å². The Balaban J connectivity index is 2.23. The molecule has 1 aromatic rings. The van der Waals surface area contributed by atoms with Crippen LogP contribution in [0.4, 0.5) is 0 Å². The second-order valence-electron chi connectivity index (χ2n) is 6.69. The number of halogens is 1. The highest BCUT2D eigenvalue weighted by atomic mass is 35.5. The molecule has 5 heteroatoms. The quantitative estimate of drug-likeness (QED) is 0.889. The van der Waals surface area contributed by atoms with Crippen LogP contribution >= 0.6 is 23.4 Å². The zero-order valence-electron chi connectivity index (χ0n) is 13.0. The van der Waals surface area contributed by atoms with E-state index < -0.39 is 11.0 Å². The number of hydrogen-bond acceptors (Lipinski definition) is 3. The molecule has 0 fully saturated rings. The van der Waals surface area contributed by atoms with Crippen LogP contribution in [-0.4, -0.2) is 17.2 Å². The van der Waals surface area contributed by atoms with Crippen molar-refractivity contribution in [3.8, 4) is 0 Å². The van der Waals surface area contributed by atoms with Gasteiger partial charge in [-0.05, 0) is 57.9 Å². The molecule has 0 radical (unpaired) electrons. The molecule has 1 amide bonds. The monoisotopic (exact) mass is 326 g/mol. The Morgan fingerprint density at radius 1 is 1.38 bits per heavy atom. The van der Waals surface area contributed by atoms with Crippen LogP contribution < -0.4 is 11.1 Å². The Morgan fingerprint density at radius 3 is 2.67 bits per heavy atom. The van der Waals surface area contributed by atoms with E-state index in [-0.39, 0.29) is 11.9 Å². The molecule has 0 aliphatic carbocycles. The molecular formula is C16H23ClN2OS. The van der Waals surface area contributed by atoms with Gasteiger partial charge in [-0.25, -0.2) is 0 Å². The van der Waals surface area contributed by atoms with Crippen LogP contribution in [0.5, 0.6) is 0 Å². The third kappa shape index (κ3) is 3.38. The minimum absolute atomic E-state index is 0.00840. The molecule has 0 saturated heterocycles. The van der Waals surface area contributed by atoms with Gasteiger partial charge in [0.1, 0.15) is 0 Å². The minimum Gasteiger partial charge on any atom is -0.349 e. The minimum atomic E-state index is -0.643. The predicted molar refractivity (Wildman–Crippen MR) is 89.7 cm³/mol. The molecule has 3 nitrogen and oxygen atoms in total. The highest BCUT2D eigenvalue weighted by molar-refractivity contribution is 7.99. The van der Waals surface area contributed by atoms with Crippen molar-refractivity contribution in [2.45, 2.75) is 50.6 Å². The van der Waals surface area contributed by atoms with Crippen molar-refractivity contribution < 1.29 is 4.79 Å². The molecule has 1 heterocycles. The first-order valence-corrected chi connectivity index (χ1v) is 8.51. The standard InChI is InChI=1S/C16H23ClN2OS/c1-15(2,16(3,4)18)14(20)19-12-7-8-21-13-6-5-10(17)9-11(12)13/h5-6,9,12H,7-8,18H2,1-4H3,(H,19,20). The normalized spacial score (nSPS) is 19.0. The second-order valence-corrected chi connectivity index (χ2v) is 8.27. The van der Waals surface area contributed by atoms with E-state index in [2.05, 4.69) is 5.32 Å². The fourth-order valence-electron chi connectivity index (χ4n) is 2.15. The molecule has 1 aliphatic heterocycles. The average Bonchev–Trinajstić information content (AvgIpc) is 2.38. The van der Waals surface area contributed by atoms with E-state index in [0.29, 0.717) is 5.02 Å². The van der Waals surface area contributed by atoms with Crippen LogP contribution in [0.1, 0.15) is 45.7 Å². The Hall–Kier alpha value is -0.710. The van der Waals surface area contributed by atoms with E-state index in [1.165, 1.54) is 4.90 Å². The van der Waals surface area contributed by atoms with E-state index in [4.69, 9.17) is 17.3 Å². The summed E-state index contributed by atoms with van der Waals surface area (Å²) in [6.07, 6.45) is 0.908. The Kier molecular flexibility index (Phi) is 4.62. The smallest absolute Gasteiger partial charge is 0.227 e. The number of rotatable bonds is 3. The van der Waals surface area contributed by atoms with Gasteiger partial charge < -0.3 is 11.1 Å². The number of amides is 1. The number of carbonyl (C=O) groups excluding carboxylic acids is 1. The predicted octanol–water partition coefficient (Wildman–Crippen LogP) is 3.76. The van der Waals surface area contributed by atoms with Crippen LogP contribution in [-0.2, 0) is 4.79 Å². The fraction of sp³-hybridized carbons (Fsp3) is 0.562.